The molecule has 0 saturated heterocycles. The van der Waals surface area contributed by atoms with Crippen molar-refractivity contribution in [2.24, 2.45) is 0 Å². The number of nitrogens with one attached hydrogen (secondary N) is 2. The third-order valence-electron chi connectivity index (χ3n) is 4.00. The minimum Gasteiger partial charge on any atom is -0.495 e. The Labute approximate surface area is 182 Å². The lowest BCUT2D eigenvalue weighted by Crippen LogP contribution is -2.17. The number of ether oxygens (including phenoxy) is 1. The summed E-state index contributed by atoms with van der Waals surface area (Å²) >= 11 is 11.7. The smallest absolute Gasteiger partial charge is 0.265 e. The van der Waals surface area contributed by atoms with Crippen LogP contribution in [0.5, 0.6) is 5.75 Å². The van der Waals surface area contributed by atoms with Crippen LogP contribution in [0.25, 0.3) is 0 Å². The minimum atomic E-state index is -4.08. The molecule has 0 heterocycles. The fourth-order valence-electron chi connectivity index (χ4n) is 2.60. The SMILES string of the molecule is COc1ccc(NC(=O)c2c(F)cccc2Cl)cc1S(=O)(=O)Nc1ccc(Cl)cc1. The molecule has 10 heteroatoms. The highest BCUT2D eigenvalue weighted by Crippen LogP contribution is 2.30. The molecule has 0 aliphatic carbocycles. The van der Waals surface area contributed by atoms with Crippen LogP contribution in [0.4, 0.5) is 15.8 Å². The molecule has 30 heavy (non-hydrogen) atoms. The van der Waals surface area contributed by atoms with Crippen LogP contribution in [0.1, 0.15) is 10.4 Å². The van der Waals surface area contributed by atoms with Crippen LogP contribution in [-0.2, 0) is 10.0 Å². The van der Waals surface area contributed by atoms with Crippen molar-refractivity contribution in [3.63, 3.8) is 0 Å². The van der Waals surface area contributed by atoms with E-state index >= 15 is 0 Å². The Morgan fingerprint density at radius 1 is 1.00 bits per heavy atom. The zero-order valence-corrected chi connectivity index (χ0v) is 17.8. The number of amides is 1. The van der Waals surface area contributed by atoms with Crippen molar-refractivity contribution in [2.75, 3.05) is 17.1 Å². The highest BCUT2D eigenvalue weighted by molar-refractivity contribution is 7.92. The first-order chi connectivity index (χ1) is 14.2. The number of benzene rings is 3. The Hall–Kier alpha value is -2.81. The van der Waals surface area contributed by atoms with E-state index in [2.05, 4.69) is 10.0 Å². The van der Waals surface area contributed by atoms with E-state index < -0.39 is 21.7 Å². The molecule has 0 radical (unpaired) electrons. The number of rotatable bonds is 6. The number of carbonyl (C=O) groups excluding carboxylic acids is 1. The van der Waals surface area contributed by atoms with E-state index in [1.54, 1.807) is 0 Å². The van der Waals surface area contributed by atoms with Crippen LogP contribution in [0.15, 0.2) is 65.6 Å². The molecule has 0 bridgehead atoms. The summed E-state index contributed by atoms with van der Waals surface area (Å²) in [4.78, 5) is 12.2. The molecule has 156 valence electrons. The van der Waals surface area contributed by atoms with Crippen molar-refractivity contribution >= 4 is 50.5 Å². The normalized spacial score (nSPS) is 11.1. The summed E-state index contributed by atoms with van der Waals surface area (Å²) in [7, 11) is -2.76. The molecule has 2 N–H and O–H groups in total. The Kier molecular flexibility index (Phi) is 6.50. The van der Waals surface area contributed by atoms with Gasteiger partial charge in [-0.05, 0) is 54.6 Å². The first-order valence-corrected chi connectivity index (χ1v) is 10.7. The van der Waals surface area contributed by atoms with Gasteiger partial charge in [0.15, 0.2) is 0 Å². The molecular formula is C20H15Cl2FN2O4S. The number of anilines is 2. The summed E-state index contributed by atoms with van der Waals surface area (Å²) < 4.78 is 47.3. The van der Waals surface area contributed by atoms with E-state index in [1.165, 1.54) is 61.7 Å². The summed E-state index contributed by atoms with van der Waals surface area (Å²) in [6, 6.07) is 13.9. The Morgan fingerprint density at radius 2 is 1.67 bits per heavy atom. The molecule has 1 amide bonds. The van der Waals surface area contributed by atoms with Crippen LogP contribution < -0.4 is 14.8 Å². The Morgan fingerprint density at radius 3 is 2.30 bits per heavy atom. The first kappa shape index (κ1) is 21.9. The molecule has 0 aliphatic rings. The van der Waals surface area contributed by atoms with Gasteiger partial charge in [-0.1, -0.05) is 29.3 Å². The number of methoxy groups -OCH3 is 1. The van der Waals surface area contributed by atoms with Crippen LogP contribution in [0, 0.1) is 5.82 Å². The van der Waals surface area contributed by atoms with E-state index in [9.17, 15) is 17.6 Å². The summed E-state index contributed by atoms with van der Waals surface area (Å²) in [5.41, 5.74) is 0.0457. The van der Waals surface area contributed by atoms with Gasteiger partial charge in [0, 0.05) is 16.4 Å². The fraction of sp³-hybridized carbons (Fsp3) is 0.0500. The van der Waals surface area contributed by atoms with Crippen molar-refractivity contribution in [2.45, 2.75) is 4.90 Å². The minimum absolute atomic E-state index is 0.0541. The maximum atomic E-state index is 14.0. The first-order valence-electron chi connectivity index (χ1n) is 8.43. The zero-order valence-electron chi connectivity index (χ0n) is 15.4. The van der Waals surface area contributed by atoms with Crippen LogP contribution in [-0.4, -0.2) is 21.4 Å². The van der Waals surface area contributed by atoms with Crippen molar-refractivity contribution in [1.82, 2.24) is 0 Å². The molecule has 3 aromatic rings. The van der Waals surface area contributed by atoms with Crippen LogP contribution >= 0.6 is 23.2 Å². The Bertz CT molecular complexity index is 1180. The summed E-state index contributed by atoms with van der Waals surface area (Å²) in [6.45, 7) is 0. The van der Waals surface area contributed by atoms with Gasteiger partial charge < -0.3 is 10.1 Å². The quantitative estimate of drug-likeness (QED) is 0.520. The second-order valence-corrected chi connectivity index (χ2v) is 8.52. The summed E-state index contributed by atoms with van der Waals surface area (Å²) in [5, 5.41) is 2.83. The van der Waals surface area contributed by atoms with E-state index in [0.29, 0.717) is 5.02 Å². The van der Waals surface area contributed by atoms with Crippen LogP contribution in [0.3, 0.4) is 0 Å². The van der Waals surface area contributed by atoms with Gasteiger partial charge in [-0.2, -0.15) is 0 Å². The highest BCUT2D eigenvalue weighted by atomic mass is 35.5. The van der Waals surface area contributed by atoms with Crippen LogP contribution in [0.2, 0.25) is 10.0 Å². The monoisotopic (exact) mass is 468 g/mol. The molecule has 0 spiro atoms. The highest BCUT2D eigenvalue weighted by Gasteiger charge is 2.22. The molecule has 3 rings (SSSR count). The van der Waals surface area contributed by atoms with E-state index in [0.717, 1.165) is 6.07 Å². The predicted octanol–water partition coefficient (Wildman–Crippen LogP) is 5.19. The Balaban J connectivity index is 1.93. The number of sulfonamides is 1. The third kappa shape index (κ3) is 4.84. The number of hydrogen-bond acceptors (Lipinski definition) is 4. The molecule has 0 saturated carbocycles. The molecular weight excluding hydrogens is 454 g/mol. The zero-order chi connectivity index (χ0) is 21.9. The second kappa shape index (κ2) is 8.91. The molecule has 0 unspecified atom stereocenters. The van der Waals surface area contributed by atoms with E-state index in [4.69, 9.17) is 27.9 Å². The van der Waals surface area contributed by atoms with Gasteiger partial charge in [0.25, 0.3) is 15.9 Å². The van der Waals surface area contributed by atoms with Crippen molar-refractivity contribution < 1.29 is 22.3 Å². The number of hydrogen-bond donors (Lipinski definition) is 2. The second-order valence-electron chi connectivity index (χ2n) is 6.03. The van der Waals surface area contributed by atoms with Crippen molar-refractivity contribution in [3.05, 3.63) is 82.1 Å². The van der Waals surface area contributed by atoms with Crippen molar-refractivity contribution in [1.29, 1.82) is 0 Å². The molecule has 6 nitrogen and oxygen atoms in total. The lowest BCUT2D eigenvalue weighted by molar-refractivity contribution is 0.102. The largest absolute Gasteiger partial charge is 0.495 e. The molecule has 0 aliphatic heterocycles. The van der Waals surface area contributed by atoms with Gasteiger partial charge >= 0.3 is 0 Å². The topological polar surface area (TPSA) is 84.5 Å². The number of carbonyl (C=O) groups is 1. The number of halogens is 3. The molecule has 0 fully saturated rings. The lowest BCUT2D eigenvalue weighted by Gasteiger charge is -2.14. The molecule has 0 atom stereocenters. The standard InChI is InChI=1S/C20H15Cl2FN2O4S/c1-29-17-10-9-14(24-20(26)19-15(22)3-2-4-16(19)23)11-18(17)30(27,28)25-13-7-5-12(21)6-8-13/h2-11,25H,1H3,(H,24,26). The predicted molar refractivity (Wildman–Crippen MR) is 115 cm³/mol. The molecule has 3 aromatic carbocycles. The average molecular weight is 469 g/mol. The van der Waals surface area contributed by atoms with Gasteiger partial charge in [-0.3, -0.25) is 9.52 Å². The third-order valence-corrected chi connectivity index (χ3v) is 5.97. The van der Waals surface area contributed by atoms with Gasteiger partial charge in [0.05, 0.1) is 17.7 Å². The summed E-state index contributed by atoms with van der Waals surface area (Å²) in [5.74, 6) is -1.57. The van der Waals surface area contributed by atoms with Crippen molar-refractivity contribution in [3.8, 4) is 5.75 Å². The summed E-state index contributed by atoms with van der Waals surface area (Å²) in [6.07, 6.45) is 0. The fourth-order valence-corrected chi connectivity index (χ4v) is 4.23. The van der Waals surface area contributed by atoms with Gasteiger partial charge in [0.2, 0.25) is 0 Å². The maximum absolute atomic E-state index is 14.0. The lowest BCUT2D eigenvalue weighted by atomic mass is 10.2. The van der Waals surface area contributed by atoms with Gasteiger partial charge in [0.1, 0.15) is 16.5 Å². The molecule has 0 aromatic heterocycles. The van der Waals surface area contributed by atoms with E-state index in [1.807, 2.05) is 0 Å². The van der Waals surface area contributed by atoms with Gasteiger partial charge in [-0.15, -0.1) is 0 Å². The van der Waals surface area contributed by atoms with Gasteiger partial charge in [-0.25, -0.2) is 12.8 Å². The average Bonchev–Trinajstić information content (AvgIpc) is 2.69. The van der Waals surface area contributed by atoms with E-state index in [-0.39, 0.29) is 32.6 Å². The maximum Gasteiger partial charge on any atom is 0.265 e.